The van der Waals surface area contributed by atoms with E-state index in [1.54, 1.807) is 24.3 Å². The quantitative estimate of drug-likeness (QED) is 0.833. The average Bonchev–Trinajstić information content (AvgIpc) is 2.15. The van der Waals surface area contributed by atoms with E-state index in [4.69, 9.17) is 5.26 Å². The van der Waals surface area contributed by atoms with Crippen LogP contribution < -0.4 is 10.0 Å². The summed E-state index contributed by atoms with van der Waals surface area (Å²) in [6, 6.07) is 7.93. The molecule has 1 amide bonds. The Hall–Kier alpha value is -2.07. The number of sulfonamides is 1. The van der Waals surface area contributed by atoms with Crippen LogP contribution >= 0.6 is 0 Å². The van der Waals surface area contributed by atoms with E-state index in [0.717, 1.165) is 6.26 Å². The van der Waals surface area contributed by atoms with E-state index < -0.39 is 15.9 Å². The van der Waals surface area contributed by atoms with Crippen LogP contribution in [0, 0.1) is 11.3 Å². The number of nitrogens with one attached hydrogen (secondary N) is 2. The molecule has 0 aliphatic heterocycles. The molecule has 1 aromatic carbocycles. The van der Waals surface area contributed by atoms with Gasteiger partial charge in [-0.1, -0.05) is 6.07 Å². The summed E-state index contributed by atoms with van der Waals surface area (Å²) in [7, 11) is -3.35. The number of anilines is 2. The highest BCUT2D eigenvalue weighted by Crippen LogP contribution is 2.16. The fourth-order valence-electron chi connectivity index (χ4n) is 1.15. The summed E-state index contributed by atoms with van der Waals surface area (Å²) in [5.74, 6) is -0.441. The Kier molecular flexibility index (Phi) is 4.06. The van der Waals surface area contributed by atoms with Crippen molar-refractivity contribution in [2.45, 2.75) is 6.42 Å². The maximum absolute atomic E-state index is 11.1. The maximum Gasteiger partial charge on any atom is 0.238 e. The molecule has 0 saturated heterocycles. The van der Waals surface area contributed by atoms with Gasteiger partial charge in [0.2, 0.25) is 15.9 Å². The summed E-state index contributed by atoms with van der Waals surface area (Å²) in [4.78, 5) is 11.1. The summed E-state index contributed by atoms with van der Waals surface area (Å²) in [6.45, 7) is 0. The van der Waals surface area contributed by atoms with Gasteiger partial charge >= 0.3 is 0 Å². The molecule has 0 atom stereocenters. The Balaban J connectivity index is 2.80. The van der Waals surface area contributed by atoms with Gasteiger partial charge in [-0.2, -0.15) is 5.26 Å². The van der Waals surface area contributed by atoms with Gasteiger partial charge in [0.05, 0.1) is 18.0 Å². The number of nitriles is 1. The first-order chi connectivity index (χ1) is 7.90. The minimum atomic E-state index is -3.35. The summed E-state index contributed by atoms with van der Waals surface area (Å²) in [5.41, 5.74) is 0.779. The van der Waals surface area contributed by atoms with Crippen molar-refractivity contribution in [1.82, 2.24) is 0 Å². The molecule has 1 rings (SSSR count). The molecular weight excluding hydrogens is 242 g/mol. The van der Waals surface area contributed by atoms with E-state index in [2.05, 4.69) is 10.0 Å². The topological polar surface area (TPSA) is 99.1 Å². The minimum absolute atomic E-state index is 0.246. The maximum atomic E-state index is 11.1. The van der Waals surface area contributed by atoms with Crippen LogP contribution in [0.15, 0.2) is 24.3 Å². The number of rotatable bonds is 4. The number of nitrogens with zero attached hydrogens (tertiary/aromatic N) is 1. The molecule has 0 aromatic heterocycles. The molecule has 17 heavy (non-hydrogen) atoms. The average molecular weight is 253 g/mol. The Bertz CT molecular complexity index is 560. The summed E-state index contributed by atoms with van der Waals surface area (Å²) in [6.07, 6.45) is 0.789. The second-order valence-electron chi connectivity index (χ2n) is 3.34. The highest BCUT2D eigenvalue weighted by atomic mass is 32.2. The third-order valence-electron chi connectivity index (χ3n) is 1.69. The van der Waals surface area contributed by atoms with Crippen molar-refractivity contribution in [3.05, 3.63) is 24.3 Å². The minimum Gasteiger partial charge on any atom is -0.325 e. The van der Waals surface area contributed by atoms with Gasteiger partial charge in [-0.25, -0.2) is 8.42 Å². The first-order valence-corrected chi connectivity index (χ1v) is 6.54. The van der Waals surface area contributed by atoms with Crippen LogP contribution in [0.4, 0.5) is 11.4 Å². The zero-order valence-corrected chi connectivity index (χ0v) is 9.91. The number of carbonyl (C=O) groups is 1. The Labute approximate surface area is 99.3 Å². The summed E-state index contributed by atoms with van der Waals surface area (Å²) in [5, 5.41) is 10.8. The number of benzene rings is 1. The molecule has 2 N–H and O–H groups in total. The Morgan fingerprint density at radius 1 is 1.41 bits per heavy atom. The standard InChI is InChI=1S/C10H11N3O3S/c1-17(15,16)13-9-4-2-3-8(7-9)12-10(14)5-6-11/h2-4,7,13H,5H2,1H3,(H,12,14). The molecule has 6 nitrogen and oxygen atoms in total. The van der Waals surface area contributed by atoms with Gasteiger partial charge in [-0.05, 0) is 18.2 Å². The molecule has 90 valence electrons. The molecule has 0 heterocycles. The Morgan fingerprint density at radius 2 is 2.06 bits per heavy atom. The number of amides is 1. The van der Waals surface area contributed by atoms with Crippen molar-refractivity contribution in [2.75, 3.05) is 16.3 Å². The van der Waals surface area contributed by atoms with E-state index in [1.807, 2.05) is 0 Å². The van der Waals surface area contributed by atoms with Gasteiger partial charge < -0.3 is 5.32 Å². The number of carbonyl (C=O) groups excluding carboxylic acids is 1. The fraction of sp³-hybridized carbons (Fsp3) is 0.200. The highest BCUT2D eigenvalue weighted by Gasteiger charge is 2.04. The molecule has 1 aromatic rings. The monoisotopic (exact) mass is 253 g/mol. The highest BCUT2D eigenvalue weighted by molar-refractivity contribution is 7.92. The van der Waals surface area contributed by atoms with Crippen LogP contribution in [0.2, 0.25) is 0 Å². The van der Waals surface area contributed by atoms with Crippen LogP contribution in [0.25, 0.3) is 0 Å². The van der Waals surface area contributed by atoms with Crippen molar-refractivity contribution in [1.29, 1.82) is 5.26 Å². The molecule has 0 radical (unpaired) electrons. The lowest BCUT2D eigenvalue weighted by Gasteiger charge is -2.07. The Morgan fingerprint density at radius 3 is 2.65 bits per heavy atom. The van der Waals surface area contributed by atoms with Gasteiger partial charge in [0.15, 0.2) is 0 Å². The van der Waals surface area contributed by atoms with E-state index >= 15 is 0 Å². The predicted octanol–water partition coefficient (Wildman–Crippen LogP) is 0.910. The van der Waals surface area contributed by atoms with Gasteiger partial charge in [0.25, 0.3) is 0 Å². The SMILES string of the molecule is CS(=O)(=O)Nc1cccc(NC(=O)CC#N)c1. The zero-order valence-electron chi connectivity index (χ0n) is 9.10. The van der Waals surface area contributed by atoms with Crippen LogP contribution in [0.5, 0.6) is 0 Å². The molecule has 0 unspecified atom stereocenters. The lowest BCUT2D eigenvalue weighted by molar-refractivity contribution is -0.115. The molecule has 0 bridgehead atoms. The van der Waals surface area contributed by atoms with Gasteiger partial charge in [0.1, 0.15) is 6.42 Å². The van der Waals surface area contributed by atoms with E-state index in [1.165, 1.54) is 6.07 Å². The van der Waals surface area contributed by atoms with Gasteiger partial charge in [-0.3, -0.25) is 9.52 Å². The van der Waals surface area contributed by atoms with Gasteiger partial charge in [-0.15, -0.1) is 0 Å². The van der Waals surface area contributed by atoms with Gasteiger partial charge in [0, 0.05) is 5.69 Å². The van der Waals surface area contributed by atoms with Crippen LogP contribution in [-0.2, 0) is 14.8 Å². The van der Waals surface area contributed by atoms with Crippen molar-refractivity contribution in [2.24, 2.45) is 0 Å². The molecule has 0 aliphatic rings. The van der Waals surface area contributed by atoms with Crippen molar-refractivity contribution < 1.29 is 13.2 Å². The van der Waals surface area contributed by atoms with E-state index in [-0.39, 0.29) is 6.42 Å². The lowest BCUT2D eigenvalue weighted by atomic mass is 10.3. The van der Waals surface area contributed by atoms with Crippen molar-refractivity contribution in [3.63, 3.8) is 0 Å². The molecule has 7 heteroatoms. The first-order valence-electron chi connectivity index (χ1n) is 4.65. The number of hydrogen-bond acceptors (Lipinski definition) is 4. The second kappa shape index (κ2) is 5.32. The van der Waals surface area contributed by atoms with Crippen molar-refractivity contribution in [3.8, 4) is 6.07 Å². The van der Waals surface area contributed by atoms with Crippen LogP contribution in [0.1, 0.15) is 6.42 Å². The molecule has 0 saturated carbocycles. The normalized spacial score (nSPS) is 10.4. The van der Waals surface area contributed by atoms with Crippen LogP contribution in [-0.4, -0.2) is 20.6 Å². The fourth-order valence-corrected chi connectivity index (χ4v) is 1.71. The smallest absolute Gasteiger partial charge is 0.238 e. The zero-order chi connectivity index (χ0) is 12.9. The second-order valence-corrected chi connectivity index (χ2v) is 5.09. The largest absolute Gasteiger partial charge is 0.325 e. The molecular formula is C10H11N3O3S. The van der Waals surface area contributed by atoms with Crippen LogP contribution in [0.3, 0.4) is 0 Å². The molecule has 0 fully saturated rings. The van der Waals surface area contributed by atoms with Crippen molar-refractivity contribution >= 4 is 27.3 Å². The third-order valence-corrected chi connectivity index (χ3v) is 2.30. The molecule has 0 aliphatic carbocycles. The summed E-state index contributed by atoms with van der Waals surface area (Å²) >= 11 is 0. The first kappa shape index (κ1) is 13.0. The van der Waals surface area contributed by atoms with E-state index in [9.17, 15) is 13.2 Å². The molecule has 0 spiro atoms. The lowest BCUT2D eigenvalue weighted by Crippen LogP contribution is -2.12. The predicted molar refractivity (Wildman–Crippen MR) is 63.8 cm³/mol. The summed E-state index contributed by atoms with van der Waals surface area (Å²) < 4.78 is 24.3. The third kappa shape index (κ3) is 4.99. The van der Waals surface area contributed by atoms with E-state index in [0.29, 0.717) is 11.4 Å². The number of hydrogen-bond donors (Lipinski definition) is 2.